The number of hydrogen-bond donors (Lipinski definition) is 2. The Morgan fingerprint density at radius 3 is 2.40 bits per heavy atom. The van der Waals surface area contributed by atoms with Gasteiger partial charge in [-0.15, -0.1) is 0 Å². The molecule has 1 heterocycles. The number of carbonyl (C=O) groups is 2. The van der Waals surface area contributed by atoms with E-state index >= 15 is 0 Å². The Morgan fingerprint density at radius 1 is 1.07 bits per heavy atom. The molecule has 0 spiro atoms. The van der Waals surface area contributed by atoms with Gasteiger partial charge in [-0.3, -0.25) is 10.1 Å². The third kappa shape index (κ3) is 5.22. The first-order valence-electron chi connectivity index (χ1n) is 9.42. The second-order valence-corrected chi connectivity index (χ2v) is 7.72. The SMILES string of the molecule is C[C@@H](OC(=O)c1ccc(NC(=O)OC(C)(C)C)cc1)c1nc2ccccc2c(=O)[nH]1. The van der Waals surface area contributed by atoms with Gasteiger partial charge in [0.05, 0.1) is 16.5 Å². The minimum Gasteiger partial charge on any atom is -0.451 e. The Hall–Kier alpha value is -3.68. The monoisotopic (exact) mass is 409 g/mol. The van der Waals surface area contributed by atoms with Gasteiger partial charge in [0.15, 0.2) is 11.9 Å². The molecule has 1 atom stereocenters. The van der Waals surface area contributed by atoms with Crippen LogP contribution >= 0.6 is 0 Å². The van der Waals surface area contributed by atoms with E-state index in [1.807, 2.05) is 0 Å². The number of anilines is 1. The van der Waals surface area contributed by atoms with Crippen molar-refractivity contribution in [3.8, 4) is 0 Å². The minimum absolute atomic E-state index is 0.260. The first-order chi connectivity index (χ1) is 14.1. The van der Waals surface area contributed by atoms with Gasteiger partial charge >= 0.3 is 12.1 Å². The summed E-state index contributed by atoms with van der Waals surface area (Å²) in [5.41, 5.74) is 0.392. The summed E-state index contributed by atoms with van der Waals surface area (Å²) in [6.07, 6.45) is -1.34. The van der Waals surface area contributed by atoms with Crippen molar-refractivity contribution in [1.29, 1.82) is 0 Å². The first-order valence-corrected chi connectivity index (χ1v) is 9.42. The molecule has 8 heteroatoms. The number of rotatable bonds is 4. The summed E-state index contributed by atoms with van der Waals surface area (Å²) in [6.45, 7) is 6.93. The number of hydrogen-bond acceptors (Lipinski definition) is 6. The van der Waals surface area contributed by atoms with Crippen molar-refractivity contribution in [2.24, 2.45) is 0 Å². The molecule has 30 heavy (non-hydrogen) atoms. The van der Waals surface area contributed by atoms with E-state index in [9.17, 15) is 14.4 Å². The maximum Gasteiger partial charge on any atom is 0.412 e. The predicted octanol–water partition coefficient (Wildman–Crippen LogP) is 4.19. The molecule has 156 valence electrons. The number of aromatic amines is 1. The van der Waals surface area contributed by atoms with Gasteiger partial charge in [0, 0.05) is 5.69 Å². The highest BCUT2D eigenvalue weighted by atomic mass is 16.6. The third-order valence-electron chi connectivity index (χ3n) is 4.07. The van der Waals surface area contributed by atoms with E-state index in [2.05, 4.69) is 15.3 Å². The highest BCUT2D eigenvalue weighted by molar-refractivity contribution is 5.91. The minimum atomic E-state index is -0.755. The average molecular weight is 409 g/mol. The fourth-order valence-corrected chi connectivity index (χ4v) is 2.69. The lowest BCUT2D eigenvalue weighted by Crippen LogP contribution is -2.27. The van der Waals surface area contributed by atoms with Gasteiger partial charge < -0.3 is 14.5 Å². The molecule has 3 rings (SSSR count). The molecule has 0 unspecified atom stereocenters. The number of nitrogens with zero attached hydrogens (tertiary/aromatic N) is 1. The molecule has 0 bridgehead atoms. The van der Waals surface area contributed by atoms with E-state index in [1.54, 1.807) is 64.1 Å². The molecular formula is C22H23N3O5. The lowest BCUT2D eigenvalue weighted by atomic mass is 10.2. The number of ether oxygens (including phenoxy) is 2. The fourth-order valence-electron chi connectivity index (χ4n) is 2.69. The van der Waals surface area contributed by atoms with Gasteiger partial charge in [-0.2, -0.15) is 0 Å². The lowest BCUT2D eigenvalue weighted by molar-refractivity contribution is 0.0320. The molecule has 0 aliphatic rings. The van der Waals surface area contributed by atoms with Gasteiger partial charge in [0.25, 0.3) is 5.56 Å². The predicted molar refractivity (Wildman–Crippen MR) is 112 cm³/mol. The molecular weight excluding hydrogens is 386 g/mol. The molecule has 1 amide bonds. The second kappa shape index (κ2) is 8.36. The number of aromatic nitrogens is 2. The van der Waals surface area contributed by atoms with E-state index < -0.39 is 23.8 Å². The van der Waals surface area contributed by atoms with Gasteiger partial charge in [0.2, 0.25) is 0 Å². The van der Waals surface area contributed by atoms with E-state index in [-0.39, 0.29) is 11.4 Å². The maximum atomic E-state index is 12.4. The van der Waals surface area contributed by atoms with Crippen LogP contribution in [0.15, 0.2) is 53.3 Å². The Balaban J connectivity index is 1.67. The summed E-state index contributed by atoms with van der Waals surface area (Å²) >= 11 is 0. The van der Waals surface area contributed by atoms with Crippen molar-refractivity contribution in [2.75, 3.05) is 5.32 Å². The van der Waals surface area contributed by atoms with Crippen LogP contribution in [0.3, 0.4) is 0 Å². The fraction of sp³-hybridized carbons (Fsp3) is 0.273. The van der Waals surface area contributed by atoms with E-state index in [0.717, 1.165) is 0 Å². The summed E-state index contributed by atoms with van der Waals surface area (Å²) in [6, 6.07) is 13.1. The zero-order valence-electron chi connectivity index (χ0n) is 17.2. The van der Waals surface area contributed by atoms with Crippen LogP contribution in [-0.2, 0) is 9.47 Å². The van der Waals surface area contributed by atoms with Crippen LogP contribution in [0.25, 0.3) is 10.9 Å². The summed E-state index contributed by atoms with van der Waals surface area (Å²) in [4.78, 5) is 43.5. The van der Waals surface area contributed by atoms with Gasteiger partial charge in [-0.05, 0) is 64.1 Å². The van der Waals surface area contributed by atoms with Crippen LogP contribution in [0.5, 0.6) is 0 Å². The van der Waals surface area contributed by atoms with Gasteiger partial charge in [-0.25, -0.2) is 14.6 Å². The maximum absolute atomic E-state index is 12.4. The zero-order valence-corrected chi connectivity index (χ0v) is 17.2. The summed E-state index contributed by atoms with van der Waals surface area (Å²) in [5, 5.41) is 3.06. The standard InChI is InChI=1S/C22H23N3O5/c1-13(18-24-17-8-6-5-7-16(17)19(26)25-18)29-20(27)14-9-11-15(12-10-14)23-21(28)30-22(2,3)4/h5-13H,1-4H3,(H,23,28)(H,24,25,26)/t13-/m1/s1. The zero-order chi connectivity index (χ0) is 21.9. The highest BCUT2D eigenvalue weighted by Crippen LogP contribution is 2.18. The Morgan fingerprint density at radius 2 is 1.73 bits per heavy atom. The largest absolute Gasteiger partial charge is 0.451 e. The van der Waals surface area contributed by atoms with E-state index in [0.29, 0.717) is 22.2 Å². The van der Waals surface area contributed by atoms with Gasteiger partial charge in [0.1, 0.15) is 5.60 Å². The summed E-state index contributed by atoms with van der Waals surface area (Å²) < 4.78 is 10.6. The topological polar surface area (TPSA) is 110 Å². The molecule has 0 fully saturated rings. The van der Waals surface area contributed by atoms with Crippen LogP contribution < -0.4 is 10.9 Å². The molecule has 0 saturated heterocycles. The Bertz CT molecular complexity index is 1130. The van der Waals surface area contributed by atoms with Crippen molar-refractivity contribution in [1.82, 2.24) is 9.97 Å². The van der Waals surface area contributed by atoms with Crippen LogP contribution in [0.2, 0.25) is 0 Å². The molecule has 0 aliphatic heterocycles. The quantitative estimate of drug-likeness (QED) is 0.625. The normalized spacial score (nSPS) is 12.3. The number of carbonyl (C=O) groups excluding carboxylic acids is 2. The number of amides is 1. The number of nitrogens with one attached hydrogen (secondary N) is 2. The average Bonchev–Trinajstić information content (AvgIpc) is 2.67. The van der Waals surface area contributed by atoms with Crippen molar-refractivity contribution < 1.29 is 19.1 Å². The molecule has 2 aromatic carbocycles. The number of fused-ring (bicyclic) bond motifs is 1. The molecule has 0 aliphatic carbocycles. The van der Waals surface area contributed by atoms with Crippen molar-refractivity contribution in [3.63, 3.8) is 0 Å². The Kier molecular flexibility index (Phi) is 5.86. The van der Waals surface area contributed by atoms with Crippen LogP contribution in [0, 0.1) is 0 Å². The molecule has 3 aromatic rings. The smallest absolute Gasteiger partial charge is 0.412 e. The second-order valence-electron chi connectivity index (χ2n) is 7.72. The molecule has 8 nitrogen and oxygen atoms in total. The number of esters is 1. The number of H-pyrrole nitrogens is 1. The summed E-state index contributed by atoms with van der Waals surface area (Å²) in [5.74, 6) is -0.322. The lowest BCUT2D eigenvalue weighted by Gasteiger charge is -2.19. The molecule has 2 N–H and O–H groups in total. The number of benzene rings is 2. The highest BCUT2D eigenvalue weighted by Gasteiger charge is 2.18. The summed E-state index contributed by atoms with van der Waals surface area (Å²) in [7, 11) is 0. The third-order valence-corrected chi connectivity index (χ3v) is 4.07. The van der Waals surface area contributed by atoms with Crippen LogP contribution in [0.1, 0.15) is 50.0 Å². The van der Waals surface area contributed by atoms with Gasteiger partial charge in [-0.1, -0.05) is 12.1 Å². The van der Waals surface area contributed by atoms with E-state index in [1.165, 1.54) is 12.1 Å². The van der Waals surface area contributed by atoms with Crippen molar-refractivity contribution in [3.05, 3.63) is 70.3 Å². The number of para-hydroxylation sites is 1. The molecule has 0 radical (unpaired) electrons. The molecule has 0 saturated carbocycles. The first kappa shape index (κ1) is 21.0. The molecule has 1 aromatic heterocycles. The van der Waals surface area contributed by atoms with E-state index in [4.69, 9.17) is 9.47 Å². The van der Waals surface area contributed by atoms with Crippen molar-refractivity contribution in [2.45, 2.75) is 39.4 Å². The Labute approximate surface area is 173 Å². The van der Waals surface area contributed by atoms with Crippen molar-refractivity contribution >= 4 is 28.7 Å². The van der Waals surface area contributed by atoms with Crippen LogP contribution in [-0.4, -0.2) is 27.6 Å². The van der Waals surface area contributed by atoms with Crippen LogP contribution in [0.4, 0.5) is 10.5 Å².